The van der Waals surface area contributed by atoms with Gasteiger partial charge in [-0.3, -0.25) is 4.79 Å². The lowest BCUT2D eigenvalue weighted by Crippen LogP contribution is -2.28. The summed E-state index contributed by atoms with van der Waals surface area (Å²) in [5.74, 6) is 1.33. The summed E-state index contributed by atoms with van der Waals surface area (Å²) in [4.78, 5) is 12.0. The lowest BCUT2D eigenvalue weighted by Gasteiger charge is -2.15. The van der Waals surface area contributed by atoms with Crippen LogP contribution in [0, 0.1) is 6.92 Å². The van der Waals surface area contributed by atoms with Crippen molar-refractivity contribution in [3.05, 3.63) is 70.2 Å². The Labute approximate surface area is 141 Å². The highest BCUT2D eigenvalue weighted by Gasteiger charge is 2.12. The van der Waals surface area contributed by atoms with E-state index in [1.54, 1.807) is 11.8 Å². The predicted octanol–water partition coefficient (Wildman–Crippen LogP) is 4.76. The lowest BCUT2D eigenvalue weighted by atomic mass is 10.1. The van der Waals surface area contributed by atoms with E-state index < -0.39 is 0 Å². The standard InChI is InChI=1S/C18H20ClNOS/c1-13-7-3-4-8-15(13)11-22-12-18(21)20-14(2)16-9-5-6-10-17(16)19/h3-10,14H,11-12H2,1-2H3,(H,20,21)/t14-/m1/s1. The van der Waals surface area contributed by atoms with E-state index in [0.29, 0.717) is 10.8 Å². The second-order valence-electron chi connectivity index (χ2n) is 5.23. The minimum atomic E-state index is -0.0831. The van der Waals surface area contributed by atoms with Crippen LogP contribution in [0.3, 0.4) is 0 Å². The van der Waals surface area contributed by atoms with Crippen LogP contribution in [0.1, 0.15) is 29.7 Å². The van der Waals surface area contributed by atoms with Crippen LogP contribution in [0.25, 0.3) is 0 Å². The Balaban J connectivity index is 1.81. The van der Waals surface area contributed by atoms with E-state index in [0.717, 1.165) is 11.3 Å². The Kier molecular flexibility index (Phi) is 6.34. The third kappa shape index (κ3) is 4.79. The third-order valence-corrected chi connectivity index (χ3v) is 4.83. The van der Waals surface area contributed by atoms with Gasteiger partial charge in [0.2, 0.25) is 5.91 Å². The molecule has 2 rings (SSSR count). The van der Waals surface area contributed by atoms with E-state index in [1.807, 2.05) is 43.3 Å². The number of halogens is 1. The van der Waals surface area contributed by atoms with Gasteiger partial charge in [0.05, 0.1) is 11.8 Å². The van der Waals surface area contributed by atoms with Gasteiger partial charge in [0.1, 0.15) is 0 Å². The molecular weight excluding hydrogens is 314 g/mol. The zero-order valence-electron chi connectivity index (χ0n) is 12.8. The molecule has 4 heteroatoms. The van der Waals surface area contributed by atoms with Gasteiger partial charge < -0.3 is 5.32 Å². The van der Waals surface area contributed by atoms with Gasteiger partial charge in [-0.25, -0.2) is 0 Å². The van der Waals surface area contributed by atoms with E-state index in [1.165, 1.54) is 11.1 Å². The largest absolute Gasteiger partial charge is 0.349 e. The molecule has 0 bridgehead atoms. The van der Waals surface area contributed by atoms with E-state index >= 15 is 0 Å². The molecule has 0 saturated carbocycles. The summed E-state index contributed by atoms with van der Waals surface area (Å²) in [5, 5.41) is 3.68. The summed E-state index contributed by atoms with van der Waals surface area (Å²) in [5.41, 5.74) is 3.49. The van der Waals surface area contributed by atoms with Crippen LogP contribution < -0.4 is 5.32 Å². The smallest absolute Gasteiger partial charge is 0.230 e. The van der Waals surface area contributed by atoms with Crippen molar-refractivity contribution in [2.24, 2.45) is 0 Å². The van der Waals surface area contributed by atoms with E-state index in [9.17, 15) is 4.79 Å². The van der Waals surface area contributed by atoms with Gasteiger partial charge in [-0.15, -0.1) is 11.8 Å². The van der Waals surface area contributed by atoms with Crippen LogP contribution in [0.2, 0.25) is 5.02 Å². The van der Waals surface area contributed by atoms with Crippen LogP contribution in [0.5, 0.6) is 0 Å². The van der Waals surface area contributed by atoms with Crippen LogP contribution in [0.15, 0.2) is 48.5 Å². The summed E-state index contributed by atoms with van der Waals surface area (Å²) in [6, 6.07) is 15.8. The number of thioether (sulfide) groups is 1. The number of benzene rings is 2. The first-order valence-electron chi connectivity index (χ1n) is 7.24. The summed E-state index contributed by atoms with van der Waals surface area (Å²) in [6.45, 7) is 4.04. The SMILES string of the molecule is Cc1ccccc1CSCC(=O)N[C@H](C)c1ccccc1Cl. The first-order chi connectivity index (χ1) is 10.6. The number of carbonyl (C=O) groups is 1. The molecule has 0 heterocycles. The molecule has 2 aromatic carbocycles. The average molecular weight is 334 g/mol. The Morgan fingerprint density at radius 1 is 1.18 bits per heavy atom. The fraction of sp³-hybridized carbons (Fsp3) is 0.278. The van der Waals surface area contributed by atoms with Crippen molar-refractivity contribution in [1.29, 1.82) is 0 Å². The molecule has 0 spiro atoms. The first kappa shape index (κ1) is 16.9. The molecule has 1 atom stereocenters. The molecule has 22 heavy (non-hydrogen) atoms. The molecule has 116 valence electrons. The van der Waals surface area contributed by atoms with Gasteiger partial charge >= 0.3 is 0 Å². The van der Waals surface area contributed by atoms with Gasteiger partial charge in [0.15, 0.2) is 0 Å². The second kappa shape index (κ2) is 8.25. The molecule has 0 unspecified atom stereocenters. The average Bonchev–Trinajstić information content (AvgIpc) is 2.49. The van der Waals surface area contributed by atoms with E-state index in [4.69, 9.17) is 11.6 Å². The summed E-state index contributed by atoms with van der Waals surface area (Å²) < 4.78 is 0. The topological polar surface area (TPSA) is 29.1 Å². The van der Waals surface area contributed by atoms with Crippen molar-refractivity contribution in [2.75, 3.05) is 5.75 Å². The molecule has 0 aromatic heterocycles. The summed E-state index contributed by atoms with van der Waals surface area (Å²) in [7, 11) is 0. The van der Waals surface area contributed by atoms with Gasteiger partial charge in [0, 0.05) is 10.8 Å². The third-order valence-electron chi connectivity index (χ3n) is 3.50. The normalized spacial score (nSPS) is 12.0. The molecular formula is C18H20ClNOS. The number of rotatable bonds is 6. The van der Waals surface area contributed by atoms with Crippen molar-refractivity contribution >= 4 is 29.3 Å². The zero-order valence-corrected chi connectivity index (χ0v) is 14.4. The molecule has 2 nitrogen and oxygen atoms in total. The zero-order chi connectivity index (χ0) is 15.9. The van der Waals surface area contributed by atoms with Gasteiger partial charge in [0.25, 0.3) is 0 Å². The highest BCUT2D eigenvalue weighted by Crippen LogP contribution is 2.22. The lowest BCUT2D eigenvalue weighted by molar-refractivity contribution is -0.119. The molecule has 0 radical (unpaired) electrons. The van der Waals surface area contributed by atoms with Crippen molar-refractivity contribution in [3.8, 4) is 0 Å². The molecule has 1 N–H and O–H groups in total. The van der Waals surface area contributed by atoms with Crippen LogP contribution >= 0.6 is 23.4 Å². The summed E-state index contributed by atoms with van der Waals surface area (Å²) in [6.07, 6.45) is 0. The molecule has 0 fully saturated rings. The molecule has 0 aliphatic carbocycles. The quantitative estimate of drug-likeness (QED) is 0.825. The van der Waals surface area contributed by atoms with Crippen molar-refractivity contribution in [2.45, 2.75) is 25.6 Å². The van der Waals surface area contributed by atoms with Crippen molar-refractivity contribution < 1.29 is 4.79 Å². The van der Waals surface area contributed by atoms with Crippen molar-refractivity contribution in [3.63, 3.8) is 0 Å². The Morgan fingerprint density at radius 2 is 1.86 bits per heavy atom. The maximum atomic E-state index is 12.0. The Morgan fingerprint density at radius 3 is 2.59 bits per heavy atom. The maximum Gasteiger partial charge on any atom is 0.230 e. The second-order valence-corrected chi connectivity index (χ2v) is 6.62. The molecule has 0 aliphatic heterocycles. The highest BCUT2D eigenvalue weighted by atomic mass is 35.5. The summed E-state index contributed by atoms with van der Waals surface area (Å²) >= 11 is 7.77. The molecule has 2 aromatic rings. The number of hydrogen-bond donors (Lipinski definition) is 1. The number of carbonyl (C=O) groups excluding carboxylic acids is 1. The van der Waals surface area contributed by atoms with Gasteiger partial charge in [-0.2, -0.15) is 0 Å². The Hall–Kier alpha value is -1.45. The van der Waals surface area contributed by atoms with Crippen LogP contribution in [0.4, 0.5) is 0 Å². The monoisotopic (exact) mass is 333 g/mol. The Bertz CT molecular complexity index is 644. The van der Waals surface area contributed by atoms with Gasteiger partial charge in [-0.1, -0.05) is 54.1 Å². The van der Waals surface area contributed by atoms with Gasteiger partial charge in [-0.05, 0) is 36.6 Å². The fourth-order valence-electron chi connectivity index (χ4n) is 2.21. The van der Waals surface area contributed by atoms with Crippen LogP contribution in [-0.2, 0) is 10.5 Å². The highest BCUT2D eigenvalue weighted by molar-refractivity contribution is 7.99. The van der Waals surface area contributed by atoms with E-state index in [2.05, 4.69) is 24.4 Å². The minimum absolute atomic E-state index is 0.0333. The maximum absolute atomic E-state index is 12.0. The number of hydrogen-bond acceptors (Lipinski definition) is 2. The fourth-order valence-corrected chi connectivity index (χ4v) is 3.43. The number of aryl methyl sites for hydroxylation is 1. The minimum Gasteiger partial charge on any atom is -0.349 e. The van der Waals surface area contributed by atoms with Crippen LogP contribution in [-0.4, -0.2) is 11.7 Å². The molecule has 1 amide bonds. The number of nitrogens with one attached hydrogen (secondary N) is 1. The first-order valence-corrected chi connectivity index (χ1v) is 8.77. The predicted molar refractivity (Wildman–Crippen MR) is 95.4 cm³/mol. The number of amides is 1. The molecule has 0 aliphatic rings. The van der Waals surface area contributed by atoms with E-state index in [-0.39, 0.29) is 11.9 Å². The molecule has 0 saturated heterocycles. The van der Waals surface area contributed by atoms with Crippen molar-refractivity contribution in [1.82, 2.24) is 5.32 Å².